The van der Waals surface area contributed by atoms with Crippen LogP contribution >= 0.6 is 0 Å². The van der Waals surface area contributed by atoms with Crippen LogP contribution in [0.4, 0.5) is 11.4 Å². The molecule has 1 aliphatic rings. The molecule has 158 valence electrons. The number of hydrogen-bond acceptors (Lipinski definition) is 7. The molecule has 10 nitrogen and oxygen atoms in total. The van der Waals surface area contributed by atoms with Crippen LogP contribution in [-0.4, -0.2) is 42.6 Å². The zero-order chi connectivity index (χ0) is 22.1. The highest BCUT2D eigenvalue weighted by Gasteiger charge is 2.44. The molecule has 0 saturated carbocycles. The van der Waals surface area contributed by atoms with Crippen LogP contribution in [-0.2, 0) is 19.6 Å². The Morgan fingerprint density at radius 3 is 2.50 bits per heavy atom. The van der Waals surface area contributed by atoms with E-state index in [0.29, 0.717) is 4.31 Å². The second-order valence-corrected chi connectivity index (χ2v) is 8.51. The summed E-state index contributed by atoms with van der Waals surface area (Å²) in [6.45, 7) is 1.80. The lowest BCUT2D eigenvalue weighted by atomic mass is 10.2. The van der Waals surface area contributed by atoms with E-state index in [1.54, 1.807) is 19.1 Å². The molecule has 2 aromatic rings. The van der Waals surface area contributed by atoms with E-state index in [0.717, 1.165) is 11.6 Å². The third-order valence-electron chi connectivity index (χ3n) is 4.69. The van der Waals surface area contributed by atoms with Crippen LogP contribution < -0.4 is 10.1 Å². The van der Waals surface area contributed by atoms with Crippen LogP contribution in [0.5, 0.6) is 5.75 Å². The molecule has 0 unspecified atom stereocenters. The van der Waals surface area contributed by atoms with Crippen molar-refractivity contribution < 1.29 is 27.7 Å². The van der Waals surface area contributed by atoms with E-state index >= 15 is 0 Å². The Morgan fingerprint density at radius 2 is 1.90 bits per heavy atom. The van der Waals surface area contributed by atoms with Gasteiger partial charge < -0.3 is 10.1 Å². The second kappa shape index (κ2) is 8.11. The Bertz CT molecular complexity index is 1110. The van der Waals surface area contributed by atoms with E-state index in [1.165, 1.54) is 31.4 Å². The van der Waals surface area contributed by atoms with Gasteiger partial charge in [-0.25, -0.2) is 12.7 Å². The number of nitro groups is 1. The molecule has 0 radical (unpaired) electrons. The van der Waals surface area contributed by atoms with E-state index in [1.807, 2.05) is 0 Å². The maximum absolute atomic E-state index is 13.0. The molecule has 0 bridgehead atoms. The Morgan fingerprint density at radius 1 is 1.23 bits per heavy atom. The molecule has 0 aliphatic carbocycles. The molecule has 2 aromatic carbocycles. The minimum absolute atomic E-state index is 0.0189. The predicted octanol–water partition coefficient (Wildman–Crippen LogP) is 2.23. The normalized spacial score (nSPS) is 16.4. The number of nitrogens with one attached hydrogen (secondary N) is 1. The van der Waals surface area contributed by atoms with Crippen molar-refractivity contribution in [3.63, 3.8) is 0 Å². The third-order valence-corrected chi connectivity index (χ3v) is 6.54. The lowest BCUT2D eigenvalue weighted by Crippen LogP contribution is -2.45. The van der Waals surface area contributed by atoms with Crippen LogP contribution in [0, 0.1) is 17.0 Å². The fourth-order valence-electron chi connectivity index (χ4n) is 3.14. The van der Waals surface area contributed by atoms with Crippen LogP contribution in [0.25, 0.3) is 0 Å². The number of carbonyl (C=O) groups is 2. The minimum atomic E-state index is -4.22. The van der Waals surface area contributed by atoms with Crippen molar-refractivity contribution in [1.29, 1.82) is 0 Å². The average Bonchev–Trinajstić information content (AvgIpc) is 3.11. The minimum Gasteiger partial charge on any atom is -0.494 e. The topological polar surface area (TPSA) is 136 Å². The fraction of sp³-hybridized carbons (Fsp3) is 0.263. The summed E-state index contributed by atoms with van der Waals surface area (Å²) in [6, 6.07) is 8.31. The number of nitrogens with zero attached hydrogens (tertiary/aromatic N) is 2. The van der Waals surface area contributed by atoms with Gasteiger partial charge in [0.25, 0.3) is 15.7 Å². The van der Waals surface area contributed by atoms with Gasteiger partial charge in [-0.3, -0.25) is 19.7 Å². The van der Waals surface area contributed by atoms with E-state index in [-0.39, 0.29) is 34.9 Å². The third kappa shape index (κ3) is 3.96. The number of nitro benzene ring substituents is 1. The SMILES string of the molecule is COc1cc([N+](=O)[O-])ccc1NC(=O)[C@H]1CCC(=O)N1S(=O)(=O)c1ccc(C)cc1. The summed E-state index contributed by atoms with van der Waals surface area (Å²) in [4.78, 5) is 35.4. The zero-order valence-corrected chi connectivity index (χ0v) is 17.0. The fourth-order valence-corrected chi connectivity index (χ4v) is 4.74. The van der Waals surface area contributed by atoms with Gasteiger partial charge in [-0.15, -0.1) is 0 Å². The smallest absolute Gasteiger partial charge is 0.273 e. The molecule has 2 amide bonds. The number of amides is 2. The van der Waals surface area contributed by atoms with Gasteiger partial charge in [0, 0.05) is 12.5 Å². The quantitative estimate of drug-likeness (QED) is 0.545. The summed E-state index contributed by atoms with van der Waals surface area (Å²) < 4.78 is 31.7. The van der Waals surface area contributed by atoms with Crippen LogP contribution in [0.1, 0.15) is 18.4 Å². The molecule has 0 spiro atoms. The molecular weight excluding hydrogens is 414 g/mol. The number of anilines is 1. The molecule has 1 aliphatic heterocycles. The molecule has 30 heavy (non-hydrogen) atoms. The molecule has 1 atom stereocenters. The van der Waals surface area contributed by atoms with Crippen LogP contribution in [0.15, 0.2) is 47.4 Å². The Balaban J connectivity index is 1.89. The first-order valence-corrected chi connectivity index (χ1v) is 10.4. The standard InChI is InChI=1S/C19H19N3O7S/c1-12-3-6-14(7-4-12)30(27,28)21-16(9-10-18(21)23)19(24)20-15-8-5-13(22(25)26)11-17(15)29-2/h3-8,11,16H,9-10H2,1-2H3,(H,20,24)/t16-/m1/s1. The van der Waals surface area contributed by atoms with Gasteiger partial charge >= 0.3 is 0 Å². The molecule has 11 heteroatoms. The summed E-state index contributed by atoms with van der Waals surface area (Å²) in [7, 11) is -2.94. The summed E-state index contributed by atoms with van der Waals surface area (Å²) in [6.07, 6.45) is -0.0777. The highest BCUT2D eigenvalue weighted by Crippen LogP contribution is 2.32. The van der Waals surface area contributed by atoms with Crippen molar-refractivity contribution in [2.45, 2.75) is 30.7 Å². The molecule has 1 saturated heterocycles. The monoisotopic (exact) mass is 433 g/mol. The van der Waals surface area contributed by atoms with E-state index in [2.05, 4.69) is 5.32 Å². The van der Waals surface area contributed by atoms with Gasteiger partial charge in [0.2, 0.25) is 11.8 Å². The van der Waals surface area contributed by atoms with Gasteiger partial charge in [0.05, 0.1) is 28.7 Å². The summed E-state index contributed by atoms with van der Waals surface area (Å²) in [5.74, 6) is -1.37. The predicted molar refractivity (Wildman–Crippen MR) is 107 cm³/mol. The van der Waals surface area contributed by atoms with E-state index in [4.69, 9.17) is 4.74 Å². The van der Waals surface area contributed by atoms with Crippen LogP contribution in [0.2, 0.25) is 0 Å². The maximum atomic E-state index is 13.0. The lowest BCUT2D eigenvalue weighted by Gasteiger charge is -2.24. The lowest BCUT2D eigenvalue weighted by molar-refractivity contribution is -0.384. The summed E-state index contributed by atoms with van der Waals surface area (Å²) in [5, 5.41) is 13.4. The van der Waals surface area contributed by atoms with Crippen molar-refractivity contribution in [3.05, 3.63) is 58.1 Å². The van der Waals surface area contributed by atoms with Gasteiger partial charge in [-0.2, -0.15) is 0 Å². The molecule has 0 aromatic heterocycles. The average molecular weight is 433 g/mol. The number of hydrogen-bond donors (Lipinski definition) is 1. The summed E-state index contributed by atoms with van der Waals surface area (Å²) in [5.41, 5.74) is 0.742. The van der Waals surface area contributed by atoms with E-state index < -0.39 is 32.8 Å². The number of aryl methyl sites for hydroxylation is 1. The first-order chi connectivity index (χ1) is 14.1. The first-order valence-electron chi connectivity index (χ1n) is 8.92. The number of methoxy groups -OCH3 is 1. The second-order valence-electron chi connectivity index (χ2n) is 6.69. The first kappa shape index (κ1) is 21.2. The van der Waals surface area contributed by atoms with Crippen molar-refractivity contribution in [3.8, 4) is 5.75 Å². The van der Waals surface area contributed by atoms with Gasteiger partial charge in [-0.05, 0) is 31.5 Å². The van der Waals surface area contributed by atoms with Gasteiger partial charge in [-0.1, -0.05) is 17.7 Å². The van der Waals surface area contributed by atoms with Crippen molar-refractivity contribution in [2.24, 2.45) is 0 Å². The highest BCUT2D eigenvalue weighted by atomic mass is 32.2. The highest BCUT2D eigenvalue weighted by molar-refractivity contribution is 7.89. The number of ether oxygens (including phenoxy) is 1. The number of benzene rings is 2. The summed E-state index contributed by atoms with van der Waals surface area (Å²) >= 11 is 0. The molecular formula is C19H19N3O7S. The van der Waals surface area contributed by atoms with Gasteiger partial charge in [0.15, 0.2) is 0 Å². The number of sulfonamides is 1. The van der Waals surface area contributed by atoms with Crippen LogP contribution in [0.3, 0.4) is 0 Å². The largest absolute Gasteiger partial charge is 0.494 e. The van der Waals surface area contributed by atoms with E-state index in [9.17, 15) is 28.1 Å². The molecule has 1 heterocycles. The number of rotatable bonds is 6. The Labute approximate surface area is 172 Å². The molecule has 3 rings (SSSR count). The van der Waals surface area contributed by atoms with Crippen molar-refractivity contribution in [2.75, 3.05) is 12.4 Å². The number of carbonyl (C=O) groups excluding carboxylic acids is 2. The zero-order valence-electron chi connectivity index (χ0n) is 16.2. The van der Waals surface area contributed by atoms with Gasteiger partial charge in [0.1, 0.15) is 11.8 Å². The molecule has 1 fully saturated rings. The Kier molecular flexibility index (Phi) is 5.74. The van der Waals surface area contributed by atoms with Crippen molar-refractivity contribution >= 4 is 33.2 Å². The van der Waals surface area contributed by atoms with Crippen molar-refractivity contribution in [1.82, 2.24) is 4.31 Å². The maximum Gasteiger partial charge on any atom is 0.273 e. The Hall–Kier alpha value is -3.47. The molecule has 1 N–H and O–H groups in total. The number of non-ortho nitro benzene ring substituents is 1.